The van der Waals surface area contributed by atoms with Crippen LogP contribution in [0.4, 0.5) is 4.79 Å². The number of benzene rings is 2. The summed E-state index contributed by atoms with van der Waals surface area (Å²) in [5.74, 6) is -1.52. The van der Waals surface area contributed by atoms with Crippen LogP contribution >= 0.6 is 0 Å². The zero-order valence-electron chi connectivity index (χ0n) is 23.9. The topological polar surface area (TPSA) is 114 Å². The zero-order valence-corrected chi connectivity index (χ0v) is 23.9. The standard InChI is InChI=1S/C32H41N2O7/c1-22(2)28(33)29(35)38-21-39-31(37)41-32(23-11-5-3-6-12-23,24-13-7-4-8-14-24)30(36)40-27-19-25-15-16-26(20-27)34(25)17-9-10-18-34/h3-8,11-14,22,25-28H,9-10,15-21,33H2,1-2H3/q+1/t25?,26?,27?,28-/m0/s1. The molecule has 3 aliphatic heterocycles. The van der Waals surface area contributed by atoms with Crippen molar-refractivity contribution < 1.29 is 37.8 Å². The molecule has 2 N–H and O–H groups in total. The fourth-order valence-electron chi connectivity index (χ4n) is 7.11. The van der Waals surface area contributed by atoms with Gasteiger partial charge in [-0.1, -0.05) is 74.5 Å². The van der Waals surface area contributed by atoms with Crippen molar-refractivity contribution >= 4 is 18.1 Å². The maximum absolute atomic E-state index is 14.3. The highest BCUT2D eigenvalue weighted by Gasteiger charge is 2.57. The van der Waals surface area contributed by atoms with Crippen molar-refractivity contribution in [2.45, 2.75) is 82.2 Å². The lowest BCUT2D eigenvalue weighted by molar-refractivity contribution is -0.956. The predicted octanol–water partition coefficient (Wildman–Crippen LogP) is 4.41. The summed E-state index contributed by atoms with van der Waals surface area (Å²) in [5.41, 5.74) is 4.74. The van der Waals surface area contributed by atoms with Crippen LogP contribution in [-0.2, 0) is 34.1 Å². The number of nitrogens with zero attached hydrogens (tertiary/aromatic N) is 1. The summed E-state index contributed by atoms with van der Waals surface area (Å²) in [6, 6.07) is 17.7. The van der Waals surface area contributed by atoms with Gasteiger partial charge in [0.2, 0.25) is 6.79 Å². The van der Waals surface area contributed by atoms with Crippen LogP contribution in [0.25, 0.3) is 0 Å². The number of rotatable bonds is 9. The van der Waals surface area contributed by atoms with Crippen LogP contribution < -0.4 is 5.73 Å². The van der Waals surface area contributed by atoms with Crippen molar-refractivity contribution in [2.24, 2.45) is 11.7 Å². The minimum absolute atomic E-state index is 0.148. The number of carbonyl (C=O) groups excluding carboxylic acids is 3. The third kappa shape index (κ3) is 5.70. The molecule has 0 radical (unpaired) electrons. The lowest BCUT2D eigenvalue weighted by atomic mass is 9.85. The Morgan fingerprint density at radius 1 is 0.878 bits per heavy atom. The van der Waals surface area contributed by atoms with Crippen LogP contribution in [-0.4, -0.2) is 66.7 Å². The predicted molar refractivity (Wildman–Crippen MR) is 150 cm³/mol. The largest absolute Gasteiger partial charge is 0.513 e. The Morgan fingerprint density at radius 2 is 1.41 bits per heavy atom. The minimum Gasteiger partial charge on any atom is -0.458 e. The first-order valence-electron chi connectivity index (χ1n) is 14.7. The molecule has 2 bridgehead atoms. The maximum Gasteiger partial charge on any atom is 0.513 e. The second kappa shape index (κ2) is 12.2. The molecule has 9 nitrogen and oxygen atoms in total. The van der Waals surface area contributed by atoms with E-state index >= 15 is 0 Å². The molecule has 9 heteroatoms. The zero-order chi connectivity index (χ0) is 29.0. The van der Waals surface area contributed by atoms with E-state index in [1.807, 2.05) is 12.1 Å². The van der Waals surface area contributed by atoms with Gasteiger partial charge in [-0.15, -0.1) is 0 Å². The molecule has 220 valence electrons. The van der Waals surface area contributed by atoms with Gasteiger partial charge in [0.25, 0.3) is 5.60 Å². The van der Waals surface area contributed by atoms with E-state index in [2.05, 4.69) is 0 Å². The Morgan fingerprint density at radius 3 is 1.93 bits per heavy atom. The van der Waals surface area contributed by atoms with Crippen molar-refractivity contribution in [3.63, 3.8) is 0 Å². The van der Waals surface area contributed by atoms with E-state index in [4.69, 9.17) is 24.7 Å². The van der Waals surface area contributed by atoms with E-state index in [1.165, 1.54) is 30.4 Å². The molecule has 3 aliphatic rings. The second-order valence-corrected chi connectivity index (χ2v) is 11.9. The summed E-state index contributed by atoms with van der Waals surface area (Å²) >= 11 is 0. The molecule has 5 rings (SSSR count). The molecule has 2 aromatic carbocycles. The van der Waals surface area contributed by atoms with Gasteiger partial charge in [0.05, 0.1) is 25.2 Å². The van der Waals surface area contributed by atoms with Gasteiger partial charge in [0, 0.05) is 49.7 Å². The van der Waals surface area contributed by atoms with E-state index in [-0.39, 0.29) is 12.0 Å². The van der Waals surface area contributed by atoms with Crippen LogP contribution in [0.1, 0.15) is 63.5 Å². The fraction of sp³-hybridized carbons (Fsp3) is 0.531. The Labute approximate surface area is 241 Å². The molecule has 2 unspecified atom stereocenters. The molecule has 41 heavy (non-hydrogen) atoms. The number of carbonyl (C=O) groups is 3. The van der Waals surface area contributed by atoms with Gasteiger partial charge in [-0.25, -0.2) is 9.59 Å². The quantitative estimate of drug-likeness (QED) is 0.206. The third-order valence-corrected chi connectivity index (χ3v) is 9.28. The van der Waals surface area contributed by atoms with Gasteiger partial charge in [-0.2, -0.15) is 0 Å². The van der Waals surface area contributed by atoms with E-state index in [9.17, 15) is 14.4 Å². The summed E-state index contributed by atoms with van der Waals surface area (Å²) in [6.07, 6.45) is 5.00. The smallest absolute Gasteiger partial charge is 0.458 e. The van der Waals surface area contributed by atoms with E-state index in [0.717, 1.165) is 25.7 Å². The highest BCUT2D eigenvalue weighted by atomic mass is 16.8. The Bertz CT molecular complexity index is 1160. The van der Waals surface area contributed by atoms with Gasteiger partial charge in [-0.3, -0.25) is 4.79 Å². The minimum atomic E-state index is -1.92. The normalized spacial score (nSPS) is 23.7. The average molecular weight is 566 g/mol. The maximum atomic E-state index is 14.3. The monoisotopic (exact) mass is 565 g/mol. The number of ether oxygens (including phenoxy) is 4. The van der Waals surface area contributed by atoms with Crippen LogP contribution in [0.2, 0.25) is 0 Å². The molecule has 0 aromatic heterocycles. The highest BCUT2D eigenvalue weighted by Crippen LogP contribution is 2.47. The molecular formula is C32H41N2O7+. The lowest BCUT2D eigenvalue weighted by Gasteiger charge is -2.47. The van der Waals surface area contributed by atoms with Crippen LogP contribution in [0.15, 0.2) is 60.7 Å². The number of nitrogens with two attached hydrogens (primary N) is 1. The Hall–Kier alpha value is -3.43. The summed E-state index contributed by atoms with van der Waals surface area (Å²) in [7, 11) is 0. The van der Waals surface area contributed by atoms with Crippen molar-refractivity contribution in [2.75, 3.05) is 19.9 Å². The van der Waals surface area contributed by atoms with Crippen LogP contribution in [0.5, 0.6) is 0 Å². The molecule has 3 atom stereocenters. The molecule has 3 fully saturated rings. The molecule has 0 amide bonds. The van der Waals surface area contributed by atoms with Crippen LogP contribution in [0.3, 0.4) is 0 Å². The lowest BCUT2D eigenvalue weighted by Crippen LogP contribution is -2.60. The molecule has 3 saturated heterocycles. The SMILES string of the molecule is CC(C)[C@H](N)C(=O)OCOC(=O)OC(C(=O)OC1CC2CCC(C1)[N+]21CCCC1)(c1ccccc1)c1ccccc1. The number of hydrogen-bond acceptors (Lipinski definition) is 8. The molecule has 3 heterocycles. The second-order valence-electron chi connectivity index (χ2n) is 11.9. The molecular weight excluding hydrogens is 524 g/mol. The third-order valence-electron chi connectivity index (χ3n) is 9.28. The van der Waals surface area contributed by atoms with Gasteiger partial charge in [0.15, 0.2) is 0 Å². The number of hydrogen-bond donors (Lipinski definition) is 1. The molecule has 1 spiro atoms. The Balaban J connectivity index is 1.38. The van der Waals surface area contributed by atoms with Gasteiger partial charge < -0.3 is 29.2 Å². The van der Waals surface area contributed by atoms with E-state index < -0.39 is 36.5 Å². The van der Waals surface area contributed by atoms with E-state index in [0.29, 0.717) is 23.2 Å². The summed E-state index contributed by atoms with van der Waals surface area (Å²) in [5, 5.41) is 0. The highest BCUT2D eigenvalue weighted by molar-refractivity contribution is 5.88. The first kappa shape index (κ1) is 29.1. The van der Waals surface area contributed by atoms with Crippen molar-refractivity contribution in [1.29, 1.82) is 0 Å². The summed E-state index contributed by atoms with van der Waals surface area (Å²) < 4.78 is 23.5. The number of esters is 2. The van der Waals surface area contributed by atoms with Crippen molar-refractivity contribution in [3.8, 4) is 0 Å². The Kier molecular flexibility index (Phi) is 8.66. The number of piperidine rings is 1. The number of quaternary nitrogens is 1. The van der Waals surface area contributed by atoms with Gasteiger partial charge in [-0.05, 0) is 5.92 Å². The fourth-order valence-corrected chi connectivity index (χ4v) is 7.11. The van der Waals surface area contributed by atoms with E-state index in [1.54, 1.807) is 62.4 Å². The molecule has 2 aromatic rings. The average Bonchev–Trinajstić information content (AvgIpc) is 3.52. The molecule has 0 aliphatic carbocycles. The van der Waals surface area contributed by atoms with Crippen molar-refractivity contribution in [1.82, 2.24) is 0 Å². The summed E-state index contributed by atoms with van der Waals surface area (Å²) in [6.45, 7) is 5.31. The first-order valence-corrected chi connectivity index (χ1v) is 14.7. The van der Waals surface area contributed by atoms with Crippen LogP contribution in [0, 0.1) is 5.92 Å². The van der Waals surface area contributed by atoms with Crippen molar-refractivity contribution in [3.05, 3.63) is 71.8 Å². The molecule has 0 saturated carbocycles. The van der Waals surface area contributed by atoms with Gasteiger partial charge >= 0.3 is 18.1 Å². The van der Waals surface area contributed by atoms with Gasteiger partial charge in [0.1, 0.15) is 12.1 Å². The first-order chi connectivity index (χ1) is 19.8. The summed E-state index contributed by atoms with van der Waals surface area (Å²) in [4.78, 5) is 39.5.